The third kappa shape index (κ3) is 0.991. The molecule has 5 heavy (non-hydrogen) atoms. The van der Waals surface area contributed by atoms with E-state index >= 15 is 0 Å². The Balaban J connectivity index is 2.61. The molecule has 0 amide bonds. The predicted octanol–water partition coefficient (Wildman–Crippen LogP) is 0.614. The van der Waals surface area contributed by atoms with Crippen LogP contribution in [0.4, 0.5) is 0 Å². The Morgan fingerprint density at radius 1 is 1.60 bits per heavy atom. The van der Waals surface area contributed by atoms with Crippen LogP contribution in [0.1, 0.15) is 0 Å². The van der Waals surface area contributed by atoms with Crippen LogP contribution >= 0.6 is 7.14 Å². The van der Waals surface area contributed by atoms with Crippen molar-refractivity contribution >= 4 is 26.8 Å². The Hall–Kier alpha value is 0.598. The number of hydrogen-bond acceptors (Lipinski definition) is 0. The molecular weight excluding hydrogens is 142 g/mol. The van der Waals surface area contributed by atoms with Crippen LogP contribution in [0.3, 0.4) is 0 Å². The summed E-state index contributed by atoms with van der Waals surface area (Å²) in [6, 6.07) is 0. The molecule has 26 valence electrons. The van der Waals surface area contributed by atoms with E-state index in [9.17, 15) is 0 Å². The van der Waals surface area contributed by atoms with E-state index in [4.69, 9.17) is 0 Å². The summed E-state index contributed by atoms with van der Waals surface area (Å²) < 4.78 is 0. The molecule has 0 aromatic rings. The molecule has 0 saturated heterocycles. The van der Waals surface area contributed by atoms with Gasteiger partial charge in [-0.05, 0) is 0 Å². The molecule has 1 atom stereocenters. The first-order valence-electron chi connectivity index (χ1n) is 1.44. The van der Waals surface area contributed by atoms with E-state index in [1.807, 2.05) is 0 Å². The predicted molar refractivity (Wildman–Crippen MR) is 29.3 cm³/mol. The van der Waals surface area contributed by atoms with Gasteiger partial charge >= 0.3 is 38.7 Å². The summed E-state index contributed by atoms with van der Waals surface area (Å²) in [5.74, 6) is 2.25. The van der Waals surface area contributed by atoms with Gasteiger partial charge in [-0.3, -0.25) is 0 Å². The molecule has 0 saturated carbocycles. The first-order valence-corrected chi connectivity index (χ1v) is 6.36. The molecule has 1 heterocycles. The molecule has 0 fully saturated rings. The molecule has 1 aliphatic rings. The second kappa shape index (κ2) is 1.90. The van der Waals surface area contributed by atoms with Crippen molar-refractivity contribution in [3.05, 3.63) is 11.9 Å². The maximum atomic E-state index is 2.29. The SMILES string of the molecule is C1=CP[As]=C1. The zero-order chi connectivity index (χ0) is 3.54. The minimum absolute atomic E-state index is 0.646. The molecule has 0 bridgehead atoms. The van der Waals surface area contributed by atoms with Crippen LogP contribution in [0.25, 0.3) is 0 Å². The third-order valence-electron chi connectivity index (χ3n) is 0.406. The summed E-state index contributed by atoms with van der Waals surface area (Å²) in [5.41, 5.74) is 0. The molecule has 0 radical (unpaired) electrons. The van der Waals surface area contributed by atoms with Gasteiger partial charge in [0, 0.05) is 0 Å². The first-order chi connectivity index (χ1) is 2.50. The van der Waals surface area contributed by atoms with Gasteiger partial charge in [-0.1, -0.05) is 0 Å². The Bertz CT molecular complexity index is 65.0. The molecule has 2 heteroatoms. The number of allylic oxidation sites excluding steroid dienone is 1. The Morgan fingerprint density at radius 2 is 2.60 bits per heavy atom. The standard InChI is InChI=1S/C3H4AsP/c1-2-4-5-3-1/h1-3,5H. The molecule has 0 nitrogen and oxygen atoms in total. The van der Waals surface area contributed by atoms with Crippen LogP contribution in [-0.2, 0) is 0 Å². The third-order valence-corrected chi connectivity index (χ3v) is 4.22. The van der Waals surface area contributed by atoms with Gasteiger partial charge in [0.25, 0.3) is 0 Å². The van der Waals surface area contributed by atoms with Gasteiger partial charge in [0.05, 0.1) is 0 Å². The van der Waals surface area contributed by atoms with Crippen molar-refractivity contribution in [3.8, 4) is 0 Å². The van der Waals surface area contributed by atoms with Crippen molar-refractivity contribution in [1.82, 2.24) is 0 Å². The maximum absolute atomic E-state index is 2.29. The molecule has 1 unspecified atom stereocenters. The Labute approximate surface area is 39.2 Å². The fraction of sp³-hybridized carbons (Fsp3) is 0. The molecule has 0 aliphatic carbocycles. The normalized spacial score (nSPS) is 25.6. The van der Waals surface area contributed by atoms with Crippen LogP contribution in [0.15, 0.2) is 11.9 Å². The van der Waals surface area contributed by atoms with Gasteiger partial charge in [-0.2, -0.15) is 0 Å². The summed E-state index contributed by atoms with van der Waals surface area (Å²) in [5, 5.41) is 0. The van der Waals surface area contributed by atoms with Gasteiger partial charge in [-0.15, -0.1) is 0 Å². The van der Waals surface area contributed by atoms with Crippen molar-refractivity contribution in [2.45, 2.75) is 0 Å². The van der Waals surface area contributed by atoms with Crippen molar-refractivity contribution in [3.63, 3.8) is 0 Å². The fourth-order valence-corrected chi connectivity index (χ4v) is 3.35. The van der Waals surface area contributed by atoms with E-state index < -0.39 is 0 Å². The van der Waals surface area contributed by atoms with Crippen LogP contribution in [0.2, 0.25) is 0 Å². The monoisotopic (exact) mass is 146 g/mol. The van der Waals surface area contributed by atoms with Gasteiger partial charge in [0.15, 0.2) is 0 Å². The van der Waals surface area contributed by atoms with Crippen molar-refractivity contribution in [2.24, 2.45) is 0 Å². The Morgan fingerprint density at radius 3 is 2.80 bits per heavy atom. The summed E-state index contributed by atoms with van der Waals surface area (Å²) in [6.45, 7) is 0. The second-order valence-corrected chi connectivity index (χ2v) is 5.49. The molecular formula is C3H4AsP. The molecule has 1 rings (SSSR count). The average Bonchev–Trinajstić information content (AvgIpc) is 1.76. The molecule has 0 aromatic carbocycles. The van der Waals surface area contributed by atoms with Gasteiger partial charge < -0.3 is 0 Å². The topological polar surface area (TPSA) is 0 Å². The van der Waals surface area contributed by atoms with Crippen LogP contribution in [0.5, 0.6) is 0 Å². The van der Waals surface area contributed by atoms with Gasteiger partial charge in [-0.25, -0.2) is 0 Å². The zero-order valence-corrected chi connectivity index (χ0v) is 5.56. The summed E-state index contributed by atoms with van der Waals surface area (Å²) in [6.07, 6.45) is 2.17. The van der Waals surface area contributed by atoms with Crippen LogP contribution in [0, 0.1) is 0 Å². The fourth-order valence-electron chi connectivity index (χ4n) is 0.215. The average molecular weight is 146 g/mol. The minimum atomic E-state index is 0.646. The first kappa shape index (κ1) is 3.78. The van der Waals surface area contributed by atoms with Crippen molar-refractivity contribution in [1.29, 1.82) is 0 Å². The second-order valence-electron chi connectivity index (χ2n) is 0.766. The number of rotatable bonds is 0. The van der Waals surface area contributed by atoms with Gasteiger partial charge in [0.1, 0.15) is 0 Å². The van der Waals surface area contributed by atoms with E-state index in [1.54, 1.807) is 0 Å². The van der Waals surface area contributed by atoms with E-state index in [0.29, 0.717) is 14.9 Å². The number of hydrogen-bond donors (Lipinski definition) is 0. The van der Waals surface area contributed by atoms with E-state index in [-0.39, 0.29) is 0 Å². The van der Waals surface area contributed by atoms with E-state index in [0.717, 1.165) is 0 Å². The van der Waals surface area contributed by atoms with Crippen LogP contribution < -0.4 is 0 Å². The van der Waals surface area contributed by atoms with E-state index in [1.165, 1.54) is 7.14 Å². The summed E-state index contributed by atoms with van der Waals surface area (Å²) in [4.78, 5) is 2.29. The molecule has 1 aliphatic heterocycles. The quantitative estimate of drug-likeness (QED) is 0.347. The molecule has 0 N–H and O–H groups in total. The molecule has 0 aromatic heterocycles. The van der Waals surface area contributed by atoms with Crippen LogP contribution in [-0.4, -0.2) is 19.7 Å². The summed E-state index contributed by atoms with van der Waals surface area (Å²) >= 11 is 0.646. The van der Waals surface area contributed by atoms with E-state index in [2.05, 4.69) is 16.7 Å². The Kier molecular flexibility index (Phi) is 1.44. The zero-order valence-electron chi connectivity index (χ0n) is 2.68. The van der Waals surface area contributed by atoms with Crippen molar-refractivity contribution < 1.29 is 0 Å². The molecule has 0 spiro atoms. The van der Waals surface area contributed by atoms with Gasteiger partial charge in [0.2, 0.25) is 0 Å². The van der Waals surface area contributed by atoms with Crippen molar-refractivity contribution in [2.75, 3.05) is 0 Å². The summed E-state index contributed by atoms with van der Waals surface area (Å²) in [7, 11) is 1.17.